The number of carbonyl (C=O) groups excluding carboxylic acids is 1. The molecule has 0 amide bonds. The number of thiophene rings is 1. The average Bonchev–Trinajstić information content (AvgIpc) is 2.99. The van der Waals surface area contributed by atoms with E-state index >= 15 is 0 Å². The summed E-state index contributed by atoms with van der Waals surface area (Å²) in [6.45, 7) is 5.55. The number of rotatable bonds is 4. The molecule has 0 saturated heterocycles. The third-order valence-corrected chi connectivity index (χ3v) is 5.71. The minimum Gasteiger partial charge on any atom is -0.456 e. The Labute approximate surface area is 145 Å². The highest BCUT2D eigenvalue weighted by molar-refractivity contribution is 7.18. The van der Waals surface area contributed by atoms with Crippen molar-refractivity contribution >= 4 is 44.7 Å². The zero-order valence-corrected chi connectivity index (χ0v) is 15.1. The SMILES string of the molecule is Cc1sc2nc(COC(=O)Cn3c(C)csc3=O)nc(N)c2c1C. The number of nitrogen functional groups attached to an aromatic ring is 1. The molecule has 3 rings (SSSR count). The van der Waals surface area contributed by atoms with Crippen LogP contribution in [0.3, 0.4) is 0 Å². The van der Waals surface area contributed by atoms with Crippen LogP contribution < -0.4 is 10.6 Å². The first-order valence-corrected chi connectivity index (χ1v) is 8.89. The Morgan fingerprint density at radius 1 is 1.33 bits per heavy atom. The molecular formula is C15H16N4O3S2. The van der Waals surface area contributed by atoms with Crippen molar-refractivity contribution in [2.75, 3.05) is 5.73 Å². The molecule has 0 aromatic carbocycles. The zero-order chi connectivity index (χ0) is 17.4. The molecule has 3 aromatic rings. The maximum absolute atomic E-state index is 11.9. The predicted molar refractivity (Wildman–Crippen MR) is 94.4 cm³/mol. The zero-order valence-electron chi connectivity index (χ0n) is 13.5. The standard InChI is InChI=1S/C15H16N4O3S2/c1-7-6-23-15(21)19(7)4-11(20)22-5-10-17-13(16)12-8(2)9(3)24-14(12)18-10/h6H,4-5H2,1-3H3,(H2,16,17,18). The topological polar surface area (TPSA) is 100 Å². The van der Waals surface area contributed by atoms with Gasteiger partial charge in [-0.3, -0.25) is 14.2 Å². The Hall–Kier alpha value is -2.26. The number of thiazole rings is 1. The second-order valence-corrected chi connectivity index (χ2v) is 7.40. The monoisotopic (exact) mass is 364 g/mol. The first-order valence-electron chi connectivity index (χ1n) is 7.19. The molecule has 0 aliphatic carbocycles. The number of hydrogen-bond donors (Lipinski definition) is 1. The van der Waals surface area contributed by atoms with Crippen LogP contribution in [0.1, 0.15) is 22.0 Å². The van der Waals surface area contributed by atoms with Gasteiger partial charge in [0.25, 0.3) is 0 Å². The van der Waals surface area contributed by atoms with E-state index in [0.717, 1.165) is 37.7 Å². The number of nitrogens with zero attached hydrogens (tertiary/aromatic N) is 3. The summed E-state index contributed by atoms with van der Waals surface area (Å²) in [6.07, 6.45) is 0. The van der Waals surface area contributed by atoms with E-state index in [1.165, 1.54) is 15.9 Å². The maximum Gasteiger partial charge on any atom is 0.326 e. The van der Waals surface area contributed by atoms with Gasteiger partial charge in [-0.05, 0) is 26.3 Å². The first kappa shape index (κ1) is 16.6. The highest BCUT2D eigenvalue weighted by Crippen LogP contribution is 2.31. The third kappa shape index (κ3) is 3.04. The molecule has 3 aromatic heterocycles. The second-order valence-electron chi connectivity index (χ2n) is 5.38. The molecule has 0 fully saturated rings. The van der Waals surface area contributed by atoms with E-state index in [1.807, 2.05) is 13.8 Å². The summed E-state index contributed by atoms with van der Waals surface area (Å²) >= 11 is 2.59. The van der Waals surface area contributed by atoms with Crippen LogP contribution in [-0.2, 0) is 22.7 Å². The van der Waals surface area contributed by atoms with Crippen LogP contribution in [0.2, 0.25) is 0 Å². The summed E-state index contributed by atoms with van der Waals surface area (Å²) in [5, 5.41) is 2.56. The van der Waals surface area contributed by atoms with E-state index in [0.29, 0.717) is 11.6 Å². The fourth-order valence-electron chi connectivity index (χ4n) is 2.31. The highest BCUT2D eigenvalue weighted by Gasteiger charge is 2.14. The number of aryl methyl sites for hydroxylation is 3. The van der Waals surface area contributed by atoms with Crippen molar-refractivity contribution in [2.45, 2.75) is 33.9 Å². The predicted octanol–water partition coefficient (Wildman–Crippen LogP) is 2.17. The summed E-state index contributed by atoms with van der Waals surface area (Å²) in [5.74, 6) is 0.223. The summed E-state index contributed by atoms with van der Waals surface area (Å²) in [4.78, 5) is 33.9. The van der Waals surface area contributed by atoms with Gasteiger partial charge in [-0.15, -0.1) is 11.3 Å². The molecule has 126 valence electrons. The maximum atomic E-state index is 11.9. The number of esters is 1. The van der Waals surface area contributed by atoms with Gasteiger partial charge in [-0.25, -0.2) is 9.97 Å². The van der Waals surface area contributed by atoms with Crippen molar-refractivity contribution < 1.29 is 9.53 Å². The van der Waals surface area contributed by atoms with Gasteiger partial charge in [0.1, 0.15) is 17.2 Å². The normalized spacial score (nSPS) is 11.1. The minimum absolute atomic E-state index is 0.0765. The van der Waals surface area contributed by atoms with Crippen LogP contribution in [0.4, 0.5) is 5.82 Å². The Balaban J connectivity index is 1.74. The molecule has 0 spiro atoms. The van der Waals surface area contributed by atoms with Crippen molar-refractivity contribution in [1.82, 2.24) is 14.5 Å². The summed E-state index contributed by atoms with van der Waals surface area (Å²) in [6, 6.07) is 0. The molecule has 0 saturated carbocycles. The molecule has 24 heavy (non-hydrogen) atoms. The van der Waals surface area contributed by atoms with Crippen molar-refractivity contribution in [2.24, 2.45) is 0 Å². The average molecular weight is 364 g/mol. The smallest absolute Gasteiger partial charge is 0.326 e. The molecule has 9 heteroatoms. The lowest BCUT2D eigenvalue weighted by molar-refractivity contribution is -0.146. The van der Waals surface area contributed by atoms with Gasteiger partial charge in [0.05, 0.1) is 5.39 Å². The molecule has 0 radical (unpaired) electrons. The molecule has 0 aliphatic rings. The number of hydrogen-bond acceptors (Lipinski definition) is 8. The molecule has 0 aliphatic heterocycles. The van der Waals surface area contributed by atoms with Crippen LogP contribution in [-0.4, -0.2) is 20.5 Å². The fourth-order valence-corrected chi connectivity index (χ4v) is 4.10. The lowest BCUT2D eigenvalue weighted by Gasteiger charge is -2.06. The van der Waals surface area contributed by atoms with Crippen molar-refractivity contribution in [3.63, 3.8) is 0 Å². The van der Waals surface area contributed by atoms with E-state index in [1.54, 1.807) is 12.3 Å². The van der Waals surface area contributed by atoms with Crippen LogP contribution >= 0.6 is 22.7 Å². The van der Waals surface area contributed by atoms with E-state index in [9.17, 15) is 9.59 Å². The van der Waals surface area contributed by atoms with Crippen LogP contribution in [0.25, 0.3) is 10.2 Å². The van der Waals surface area contributed by atoms with Crippen molar-refractivity contribution in [3.8, 4) is 0 Å². The number of nitrogens with two attached hydrogens (primary N) is 1. The molecule has 0 bridgehead atoms. The summed E-state index contributed by atoms with van der Waals surface area (Å²) in [7, 11) is 0. The molecule has 3 heterocycles. The van der Waals surface area contributed by atoms with Crippen LogP contribution in [0.15, 0.2) is 10.2 Å². The highest BCUT2D eigenvalue weighted by atomic mass is 32.1. The Bertz CT molecular complexity index is 987. The number of aromatic nitrogens is 3. The van der Waals surface area contributed by atoms with E-state index < -0.39 is 5.97 Å². The Kier molecular flexibility index (Phi) is 4.37. The minimum atomic E-state index is -0.514. The Morgan fingerprint density at radius 2 is 2.08 bits per heavy atom. The summed E-state index contributed by atoms with van der Waals surface area (Å²) < 4.78 is 6.55. The van der Waals surface area contributed by atoms with E-state index in [2.05, 4.69) is 9.97 Å². The molecule has 7 nitrogen and oxygen atoms in total. The van der Waals surface area contributed by atoms with Gasteiger partial charge in [-0.2, -0.15) is 0 Å². The summed E-state index contributed by atoms with van der Waals surface area (Å²) in [5.41, 5.74) is 7.80. The van der Waals surface area contributed by atoms with Crippen LogP contribution in [0.5, 0.6) is 0 Å². The van der Waals surface area contributed by atoms with Gasteiger partial charge in [0.2, 0.25) is 0 Å². The van der Waals surface area contributed by atoms with Crippen molar-refractivity contribution in [3.05, 3.63) is 37.0 Å². The van der Waals surface area contributed by atoms with Crippen molar-refractivity contribution in [1.29, 1.82) is 0 Å². The van der Waals surface area contributed by atoms with Gasteiger partial charge < -0.3 is 10.5 Å². The lowest BCUT2D eigenvalue weighted by atomic mass is 10.2. The van der Waals surface area contributed by atoms with E-state index in [-0.39, 0.29) is 18.0 Å². The van der Waals surface area contributed by atoms with Gasteiger partial charge in [-0.1, -0.05) is 11.3 Å². The molecule has 2 N–H and O–H groups in total. The lowest BCUT2D eigenvalue weighted by Crippen LogP contribution is -2.22. The van der Waals surface area contributed by atoms with Gasteiger partial charge in [0.15, 0.2) is 12.4 Å². The molecular weight excluding hydrogens is 348 g/mol. The van der Waals surface area contributed by atoms with E-state index in [4.69, 9.17) is 10.5 Å². The quantitative estimate of drug-likeness (QED) is 0.712. The van der Waals surface area contributed by atoms with Gasteiger partial charge in [0, 0.05) is 16.0 Å². The van der Waals surface area contributed by atoms with Gasteiger partial charge >= 0.3 is 10.8 Å². The number of carbonyl (C=O) groups is 1. The first-order chi connectivity index (χ1) is 11.4. The third-order valence-electron chi connectivity index (χ3n) is 3.73. The molecule has 0 atom stereocenters. The number of ether oxygens (including phenoxy) is 1. The fraction of sp³-hybridized carbons (Fsp3) is 0.333. The van der Waals surface area contributed by atoms with Crippen LogP contribution in [0, 0.1) is 20.8 Å². The number of fused-ring (bicyclic) bond motifs is 1. The second kappa shape index (κ2) is 6.33. The largest absolute Gasteiger partial charge is 0.456 e. The Morgan fingerprint density at radius 3 is 2.75 bits per heavy atom. The molecule has 0 unspecified atom stereocenters. The number of anilines is 1.